The summed E-state index contributed by atoms with van der Waals surface area (Å²) in [4.78, 5) is 11.6. The molecule has 0 aromatic heterocycles. The number of hydrogen-bond donors (Lipinski definition) is 2. The van der Waals surface area contributed by atoms with Gasteiger partial charge in [0.2, 0.25) is 0 Å². The molecule has 0 aliphatic carbocycles. The van der Waals surface area contributed by atoms with Crippen LogP contribution in [0, 0.1) is 0 Å². The highest BCUT2D eigenvalue weighted by Crippen LogP contribution is 2.26. The quantitative estimate of drug-likeness (QED) is 0.800. The van der Waals surface area contributed by atoms with E-state index in [2.05, 4.69) is 30.5 Å². The van der Waals surface area contributed by atoms with Gasteiger partial charge in [-0.1, -0.05) is 39.0 Å². The molecular weight excluding hydrogens is 212 g/mol. The van der Waals surface area contributed by atoms with Crippen molar-refractivity contribution in [3.8, 4) is 0 Å². The van der Waals surface area contributed by atoms with Gasteiger partial charge in [0.25, 0.3) is 0 Å². The minimum Gasteiger partial charge on any atom is -0.338 e. The van der Waals surface area contributed by atoms with Crippen LogP contribution in [0.2, 0.25) is 0 Å². The second-order valence-corrected chi connectivity index (χ2v) is 4.28. The highest BCUT2D eigenvalue weighted by Gasteiger charge is 2.10. The number of benzene rings is 1. The van der Waals surface area contributed by atoms with Gasteiger partial charge < -0.3 is 10.6 Å². The highest BCUT2D eigenvalue weighted by atomic mass is 16.2. The van der Waals surface area contributed by atoms with Crippen molar-refractivity contribution in [3.63, 3.8) is 0 Å². The van der Waals surface area contributed by atoms with Crippen LogP contribution in [0.4, 0.5) is 10.5 Å². The fourth-order valence-corrected chi connectivity index (χ4v) is 1.67. The largest absolute Gasteiger partial charge is 0.338 e. The maximum Gasteiger partial charge on any atom is 0.319 e. The lowest BCUT2D eigenvalue weighted by Crippen LogP contribution is -2.29. The van der Waals surface area contributed by atoms with Gasteiger partial charge in [-0.3, -0.25) is 0 Å². The monoisotopic (exact) mass is 234 g/mol. The normalized spacial score (nSPS) is 11.9. The number of rotatable bonds is 5. The van der Waals surface area contributed by atoms with Gasteiger partial charge in [0.15, 0.2) is 0 Å². The summed E-state index contributed by atoms with van der Waals surface area (Å²) in [5.74, 6) is 0.456. The first-order valence-corrected chi connectivity index (χ1v) is 6.32. The molecule has 0 heterocycles. The van der Waals surface area contributed by atoms with Crippen LogP contribution in [0.25, 0.3) is 0 Å². The average molecular weight is 234 g/mol. The highest BCUT2D eigenvalue weighted by molar-refractivity contribution is 5.90. The maximum atomic E-state index is 11.6. The number of nitrogens with one attached hydrogen (secondary N) is 2. The summed E-state index contributed by atoms with van der Waals surface area (Å²) in [6.45, 7) is 7.06. The second-order valence-electron chi connectivity index (χ2n) is 4.28. The molecule has 0 aliphatic heterocycles. The number of urea groups is 1. The van der Waals surface area contributed by atoms with Crippen LogP contribution in [-0.4, -0.2) is 12.6 Å². The predicted molar refractivity (Wildman–Crippen MR) is 72.5 cm³/mol. The molecule has 94 valence electrons. The Bertz CT molecular complexity index is 363. The Morgan fingerprint density at radius 1 is 1.29 bits per heavy atom. The molecule has 1 rings (SSSR count). The van der Waals surface area contributed by atoms with Crippen LogP contribution in [0.15, 0.2) is 24.3 Å². The summed E-state index contributed by atoms with van der Waals surface area (Å²) in [6.07, 6.45) is 2.01. The third-order valence-electron chi connectivity index (χ3n) is 2.89. The molecule has 1 atom stereocenters. The molecule has 0 spiro atoms. The van der Waals surface area contributed by atoms with Crippen LogP contribution in [-0.2, 0) is 0 Å². The molecule has 0 saturated carbocycles. The van der Waals surface area contributed by atoms with E-state index in [1.54, 1.807) is 0 Å². The van der Waals surface area contributed by atoms with E-state index in [4.69, 9.17) is 0 Å². The molecule has 2 amide bonds. The zero-order valence-electron chi connectivity index (χ0n) is 10.9. The third-order valence-corrected chi connectivity index (χ3v) is 2.89. The van der Waals surface area contributed by atoms with Crippen molar-refractivity contribution in [2.45, 2.75) is 39.5 Å². The molecule has 1 unspecified atom stereocenters. The fraction of sp³-hybridized carbons (Fsp3) is 0.500. The lowest BCUT2D eigenvalue weighted by atomic mass is 9.97. The first-order valence-electron chi connectivity index (χ1n) is 6.32. The van der Waals surface area contributed by atoms with Crippen LogP contribution in [0.5, 0.6) is 0 Å². The van der Waals surface area contributed by atoms with Gasteiger partial charge >= 0.3 is 6.03 Å². The smallest absolute Gasteiger partial charge is 0.319 e. The van der Waals surface area contributed by atoms with E-state index >= 15 is 0 Å². The Morgan fingerprint density at radius 3 is 2.65 bits per heavy atom. The third kappa shape index (κ3) is 4.10. The van der Waals surface area contributed by atoms with E-state index in [1.165, 1.54) is 5.56 Å². The van der Waals surface area contributed by atoms with Gasteiger partial charge in [-0.05, 0) is 30.4 Å². The van der Waals surface area contributed by atoms with Crippen molar-refractivity contribution < 1.29 is 4.79 Å². The average Bonchev–Trinajstić information content (AvgIpc) is 2.36. The summed E-state index contributed by atoms with van der Waals surface area (Å²) in [6, 6.07) is 7.86. The van der Waals surface area contributed by atoms with E-state index in [9.17, 15) is 4.79 Å². The Labute approximate surface area is 104 Å². The zero-order chi connectivity index (χ0) is 12.7. The van der Waals surface area contributed by atoms with Gasteiger partial charge in [0, 0.05) is 12.2 Å². The summed E-state index contributed by atoms with van der Waals surface area (Å²) in [7, 11) is 0. The number of carbonyl (C=O) groups is 1. The first-order chi connectivity index (χ1) is 8.19. The van der Waals surface area contributed by atoms with Crippen LogP contribution < -0.4 is 10.6 Å². The minimum atomic E-state index is -0.123. The Morgan fingerprint density at radius 2 is 2.00 bits per heavy atom. The molecule has 0 radical (unpaired) electrons. The number of anilines is 1. The zero-order valence-corrected chi connectivity index (χ0v) is 10.9. The van der Waals surface area contributed by atoms with E-state index in [-0.39, 0.29) is 6.03 Å². The van der Waals surface area contributed by atoms with Crippen LogP contribution >= 0.6 is 0 Å². The van der Waals surface area contributed by atoms with Crippen LogP contribution in [0.3, 0.4) is 0 Å². The molecule has 0 saturated heterocycles. The molecule has 0 bridgehead atoms. The second kappa shape index (κ2) is 6.94. The molecule has 0 aliphatic rings. The Hall–Kier alpha value is -1.51. The van der Waals surface area contributed by atoms with Crippen molar-refractivity contribution >= 4 is 11.7 Å². The van der Waals surface area contributed by atoms with Gasteiger partial charge in [-0.25, -0.2) is 4.79 Å². The van der Waals surface area contributed by atoms with Crippen LogP contribution in [0.1, 0.15) is 45.1 Å². The molecule has 17 heavy (non-hydrogen) atoms. The molecule has 0 fully saturated rings. The Balaban J connectivity index is 2.73. The summed E-state index contributed by atoms with van der Waals surface area (Å²) in [5, 5.41) is 5.73. The topological polar surface area (TPSA) is 41.1 Å². The van der Waals surface area contributed by atoms with E-state index in [0.29, 0.717) is 12.5 Å². The number of carbonyl (C=O) groups excluding carboxylic acids is 1. The van der Waals surface area contributed by atoms with Crippen molar-refractivity contribution in [2.75, 3.05) is 11.9 Å². The van der Waals surface area contributed by atoms with Crippen molar-refractivity contribution in [3.05, 3.63) is 29.8 Å². The summed E-state index contributed by atoms with van der Waals surface area (Å²) < 4.78 is 0. The predicted octanol–water partition coefficient (Wildman–Crippen LogP) is 3.73. The van der Waals surface area contributed by atoms with E-state index in [1.807, 2.05) is 25.1 Å². The SMILES string of the molecule is CCCNC(=O)Nc1ccccc1C(C)CC. The molecular formula is C14H22N2O. The molecule has 1 aromatic carbocycles. The van der Waals surface area contributed by atoms with Crippen molar-refractivity contribution in [2.24, 2.45) is 0 Å². The minimum absolute atomic E-state index is 0.123. The lowest BCUT2D eigenvalue weighted by molar-refractivity contribution is 0.252. The number of amides is 2. The van der Waals surface area contributed by atoms with Crippen molar-refractivity contribution in [1.82, 2.24) is 5.32 Å². The molecule has 3 nitrogen and oxygen atoms in total. The first kappa shape index (κ1) is 13.6. The standard InChI is InChI=1S/C14H22N2O/c1-4-10-15-14(17)16-13-9-7-6-8-12(13)11(3)5-2/h6-9,11H,4-5,10H2,1-3H3,(H2,15,16,17). The van der Waals surface area contributed by atoms with Gasteiger partial charge in [-0.15, -0.1) is 0 Å². The Kier molecular flexibility index (Phi) is 5.53. The number of hydrogen-bond acceptors (Lipinski definition) is 1. The van der Waals surface area contributed by atoms with E-state index in [0.717, 1.165) is 18.5 Å². The fourth-order valence-electron chi connectivity index (χ4n) is 1.67. The molecule has 2 N–H and O–H groups in total. The summed E-state index contributed by atoms with van der Waals surface area (Å²) >= 11 is 0. The molecule has 1 aromatic rings. The van der Waals surface area contributed by atoms with Gasteiger partial charge in [0.1, 0.15) is 0 Å². The van der Waals surface area contributed by atoms with E-state index < -0.39 is 0 Å². The van der Waals surface area contributed by atoms with Gasteiger partial charge in [0.05, 0.1) is 0 Å². The summed E-state index contributed by atoms with van der Waals surface area (Å²) in [5.41, 5.74) is 2.11. The maximum absolute atomic E-state index is 11.6. The van der Waals surface area contributed by atoms with Gasteiger partial charge in [-0.2, -0.15) is 0 Å². The molecule has 3 heteroatoms. The van der Waals surface area contributed by atoms with Crippen molar-refractivity contribution in [1.29, 1.82) is 0 Å². The lowest BCUT2D eigenvalue weighted by Gasteiger charge is -2.15. The number of para-hydroxylation sites is 1.